The molecule has 0 rings (SSSR count). The Kier molecular flexibility index (Phi) is 18.0. The van der Waals surface area contributed by atoms with Crippen molar-refractivity contribution in [1.82, 2.24) is 0 Å². The summed E-state index contributed by atoms with van der Waals surface area (Å²) in [6.07, 6.45) is 17.1. The maximum absolute atomic E-state index is 6.51. The zero-order valence-corrected chi connectivity index (χ0v) is 21.4. The maximum Gasteiger partial charge on any atom is 0.501 e. The van der Waals surface area contributed by atoms with E-state index in [2.05, 4.69) is 48.5 Å². The molecule has 28 heavy (non-hydrogen) atoms. The van der Waals surface area contributed by atoms with E-state index >= 15 is 0 Å². The van der Waals surface area contributed by atoms with Crippen LogP contribution in [0.15, 0.2) is 0 Å². The molecule has 0 bridgehead atoms. The number of rotatable bonds is 20. The van der Waals surface area contributed by atoms with Gasteiger partial charge < -0.3 is 13.3 Å². The number of hydrogen-bond acceptors (Lipinski definition) is 3. The first-order valence-electron chi connectivity index (χ1n) is 12.5. The van der Waals surface area contributed by atoms with Crippen LogP contribution in [0.5, 0.6) is 0 Å². The summed E-state index contributed by atoms with van der Waals surface area (Å²) in [6.45, 7) is 15.3. The first-order valence-corrected chi connectivity index (χ1v) is 14.4. The van der Waals surface area contributed by atoms with Crippen molar-refractivity contribution >= 4 is 8.80 Å². The molecule has 0 aromatic carbocycles. The molecule has 170 valence electrons. The predicted octanol–water partition coefficient (Wildman–Crippen LogP) is 8.29. The molecule has 0 spiro atoms. The zero-order valence-electron chi connectivity index (χ0n) is 20.4. The lowest BCUT2D eigenvalue weighted by atomic mass is 10.1. The van der Waals surface area contributed by atoms with Gasteiger partial charge in [-0.15, -0.1) is 0 Å². The van der Waals surface area contributed by atoms with Crippen molar-refractivity contribution in [1.29, 1.82) is 0 Å². The summed E-state index contributed by atoms with van der Waals surface area (Å²) in [7, 11) is -2.64. The van der Waals surface area contributed by atoms with Gasteiger partial charge in [0, 0.05) is 24.4 Å². The number of hydrogen-bond donors (Lipinski definition) is 0. The molecule has 0 saturated carbocycles. The second-order valence-corrected chi connectivity index (χ2v) is 11.2. The Balaban J connectivity index is 4.51. The van der Waals surface area contributed by atoms with Gasteiger partial charge >= 0.3 is 8.80 Å². The Hall–Kier alpha value is 0.0969. The van der Waals surface area contributed by atoms with Crippen LogP contribution in [0, 0.1) is 0 Å². The summed E-state index contributed by atoms with van der Waals surface area (Å²) in [5.74, 6) is 0. The minimum absolute atomic E-state index is 0.197. The molecule has 0 aromatic heterocycles. The van der Waals surface area contributed by atoms with Crippen molar-refractivity contribution in [2.75, 3.05) is 0 Å². The van der Waals surface area contributed by atoms with Gasteiger partial charge in [0.25, 0.3) is 0 Å². The van der Waals surface area contributed by atoms with Crippen molar-refractivity contribution < 1.29 is 13.3 Å². The Morgan fingerprint density at radius 3 is 1.14 bits per heavy atom. The average molecular weight is 417 g/mol. The second-order valence-electron chi connectivity index (χ2n) is 8.63. The van der Waals surface area contributed by atoms with Gasteiger partial charge in [-0.1, -0.05) is 85.5 Å². The fraction of sp³-hybridized carbons (Fsp3) is 1.00. The molecule has 0 aliphatic heterocycles. The molecule has 3 unspecified atom stereocenters. The summed E-state index contributed by atoms with van der Waals surface area (Å²) in [4.78, 5) is 0. The minimum atomic E-state index is -2.64. The molecule has 3 atom stereocenters. The van der Waals surface area contributed by atoms with Gasteiger partial charge in [0.1, 0.15) is 0 Å². The van der Waals surface area contributed by atoms with Crippen LogP contribution in [-0.4, -0.2) is 27.1 Å². The molecule has 0 aromatic rings. The Bertz CT molecular complexity index is 307. The van der Waals surface area contributed by atoms with Gasteiger partial charge in [0.15, 0.2) is 0 Å². The van der Waals surface area contributed by atoms with Crippen LogP contribution in [0.4, 0.5) is 0 Å². The average Bonchev–Trinajstić information content (AvgIpc) is 2.68. The second kappa shape index (κ2) is 17.9. The van der Waals surface area contributed by atoms with Crippen LogP contribution >= 0.6 is 0 Å². The van der Waals surface area contributed by atoms with Crippen molar-refractivity contribution in [3.63, 3.8) is 0 Å². The molecule has 0 saturated heterocycles. The number of unbranched alkanes of at least 4 members (excludes halogenated alkanes) is 9. The van der Waals surface area contributed by atoms with E-state index in [0.717, 1.165) is 31.7 Å². The lowest BCUT2D eigenvalue weighted by molar-refractivity contribution is -0.0111. The van der Waals surface area contributed by atoms with Gasteiger partial charge in [-0.3, -0.25) is 0 Å². The summed E-state index contributed by atoms with van der Waals surface area (Å²) >= 11 is 0. The first kappa shape index (κ1) is 28.1. The SMILES string of the molecule is CCCCCCCCCCCC[Si](OC(C)CC)(OC(C)CC)OC(C)CC. The van der Waals surface area contributed by atoms with Gasteiger partial charge in [-0.25, -0.2) is 0 Å². The highest BCUT2D eigenvalue weighted by molar-refractivity contribution is 6.60. The molecule has 0 radical (unpaired) electrons. The van der Waals surface area contributed by atoms with E-state index in [4.69, 9.17) is 13.3 Å². The van der Waals surface area contributed by atoms with E-state index in [1.807, 2.05) is 0 Å². The van der Waals surface area contributed by atoms with Crippen LogP contribution in [-0.2, 0) is 13.3 Å². The van der Waals surface area contributed by atoms with Crippen LogP contribution in [0.1, 0.15) is 132 Å². The highest BCUT2D eigenvalue weighted by Crippen LogP contribution is 2.27. The normalized spacial score (nSPS) is 17.2. The quantitative estimate of drug-likeness (QED) is 0.147. The predicted molar refractivity (Wildman–Crippen MR) is 125 cm³/mol. The van der Waals surface area contributed by atoms with E-state index in [0.29, 0.717) is 0 Å². The largest absolute Gasteiger partial charge is 0.501 e. The van der Waals surface area contributed by atoms with Gasteiger partial charge in [-0.05, 0) is 46.5 Å². The van der Waals surface area contributed by atoms with Crippen LogP contribution in [0.3, 0.4) is 0 Å². The van der Waals surface area contributed by atoms with E-state index < -0.39 is 8.80 Å². The third-order valence-electron chi connectivity index (χ3n) is 5.70. The molecular weight excluding hydrogens is 364 g/mol. The Labute approximate surface area is 178 Å². The molecule has 0 N–H and O–H groups in total. The van der Waals surface area contributed by atoms with E-state index in [1.54, 1.807) is 0 Å². The molecule has 4 heteroatoms. The molecule has 0 heterocycles. The lowest BCUT2D eigenvalue weighted by Crippen LogP contribution is -2.51. The fourth-order valence-electron chi connectivity index (χ4n) is 3.26. The van der Waals surface area contributed by atoms with Crippen molar-refractivity contribution in [2.24, 2.45) is 0 Å². The van der Waals surface area contributed by atoms with E-state index in [1.165, 1.54) is 57.8 Å². The highest BCUT2D eigenvalue weighted by Gasteiger charge is 2.44. The third-order valence-corrected chi connectivity index (χ3v) is 8.95. The van der Waals surface area contributed by atoms with Crippen molar-refractivity contribution in [3.05, 3.63) is 0 Å². The summed E-state index contributed by atoms with van der Waals surface area (Å²) in [5.41, 5.74) is 0. The molecule has 0 amide bonds. The lowest BCUT2D eigenvalue weighted by Gasteiger charge is -2.36. The minimum Gasteiger partial charge on any atom is -0.371 e. The van der Waals surface area contributed by atoms with Crippen molar-refractivity contribution in [2.45, 2.75) is 156 Å². The van der Waals surface area contributed by atoms with Crippen LogP contribution in [0.2, 0.25) is 6.04 Å². The van der Waals surface area contributed by atoms with Gasteiger partial charge in [0.2, 0.25) is 0 Å². The highest BCUT2D eigenvalue weighted by atomic mass is 28.4. The van der Waals surface area contributed by atoms with Crippen LogP contribution < -0.4 is 0 Å². The molecular formula is C24H52O3Si. The Morgan fingerprint density at radius 2 is 0.821 bits per heavy atom. The molecule has 0 aliphatic carbocycles. The zero-order chi connectivity index (χ0) is 21.3. The van der Waals surface area contributed by atoms with E-state index in [-0.39, 0.29) is 18.3 Å². The Morgan fingerprint density at radius 1 is 0.500 bits per heavy atom. The van der Waals surface area contributed by atoms with Crippen LogP contribution in [0.25, 0.3) is 0 Å². The third kappa shape index (κ3) is 14.1. The maximum atomic E-state index is 6.51. The smallest absolute Gasteiger partial charge is 0.371 e. The summed E-state index contributed by atoms with van der Waals surface area (Å²) in [6, 6.07) is 0.961. The fourth-order valence-corrected chi connectivity index (χ4v) is 6.80. The van der Waals surface area contributed by atoms with Crippen molar-refractivity contribution in [3.8, 4) is 0 Å². The monoisotopic (exact) mass is 416 g/mol. The first-order chi connectivity index (χ1) is 13.4. The molecule has 3 nitrogen and oxygen atoms in total. The standard InChI is InChI=1S/C24H52O3Si/c1-8-12-13-14-15-16-17-18-19-20-21-28(25-22(5)9-2,26-23(6)10-3)27-24(7)11-4/h22-24H,8-21H2,1-7H3. The molecule has 0 aliphatic rings. The topological polar surface area (TPSA) is 27.7 Å². The van der Waals surface area contributed by atoms with E-state index in [9.17, 15) is 0 Å². The molecule has 0 fully saturated rings. The summed E-state index contributed by atoms with van der Waals surface area (Å²) < 4.78 is 19.5. The summed E-state index contributed by atoms with van der Waals surface area (Å²) in [5, 5.41) is 0. The van der Waals surface area contributed by atoms with Gasteiger partial charge in [0.05, 0.1) is 0 Å². The van der Waals surface area contributed by atoms with Gasteiger partial charge in [-0.2, -0.15) is 0 Å².